The second-order valence-corrected chi connectivity index (χ2v) is 5.70. The van der Waals surface area contributed by atoms with E-state index in [1.54, 1.807) is 0 Å². The first-order valence-corrected chi connectivity index (χ1v) is 7.62. The molecule has 1 aliphatic rings. The van der Waals surface area contributed by atoms with Crippen molar-refractivity contribution in [3.63, 3.8) is 0 Å². The molecule has 2 aromatic rings. The zero-order valence-electron chi connectivity index (χ0n) is 12.0. The molecular weight excluding hydrogens is 284 g/mol. The molecule has 0 saturated carbocycles. The molecule has 0 amide bonds. The fraction of sp³-hybridized carbons (Fsp3) is 0.294. The predicted octanol–water partition coefficient (Wildman–Crippen LogP) is 4.42. The Morgan fingerprint density at radius 2 is 2.14 bits per heavy atom. The number of anilines is 2. The van der Waals surface area contributed by atoms with E-state index in [9.17, 15) is 0 Å². The monoisotopic (exact) mass is 302 g/mol. The highest BCUT2D eigenvalue weighted by molar-refractivity contribution is 6.30. The van der Waals surface area contributed by atoms with E-state index in [0.29, 0.717) is 11.6 Å². The number of aryl methyl sites for hydroxylation is 1. The highest BCUT2D eigenvalue weighted by atomic mass is 35.5. The van der Waals surface area contributed by atoms with Crippen LogP contribution in [0.1, 0.15) is 30.5 Å². The minimum Gasteiger partial charge on any atom is -0.492 e. The summed E-state index contributed by atoms with van der Waals surface area (Å²) in [5, 5.41) is 4.27. The summed E-state index contributed by atoms with van der Waals surface area (Å²) in [6.45, 7) is 2.61. The van der Waals surface area contributed by atoms with Gasteiger partial charge in [0.2, 0.25) is 0 Å². The summed E-state index contributed by atoms with van der Waals surface area (Å²) in [7, 11) is 0. The lowest BCUT2D eigenvalue weighted by Crippen LogP contribution is -2.09. The standard InChI is InChI=1S/C17H19ClN2O/c1-2-21-17-8-4-12(18)10-16(17)20-15-7-3-11-9-13(19)5-6-14(11)15/h4-6,8-10,15,20H,2-3,7,19H2,1H3. The Morgan fingerprint density at radius 3 is 2.95 bits per heavy atom. The van der Waals surface area contributed by atoms with Crippen molar-refractivity contribution >= 4 is 23.0 Å². The molecule has 1 atom stereocenters. The van der Waals surface area contributed by atoms with E-state index in [0.717, 1.165) is 30.0 Å². The van der Waals surface area contributed by atoms with Gasteiger partial charge in [-0.05, 0) is 61.2 Å². The summed E-state index contributed by atoms with van der Waals surface area (Å²) >= 11 is 6.11. The van der Waals surface area contributed by atoms with Crippen LogP contribution in [0.3, 0.4) is 0 Å². The SMILES string of the molecule is CCOc1ccc(Cl)cc1NC1CCc2cc(N)ccc21. The van der Waals surface area contributed by atoms with Crippen LogP contribution in [0.25, 0.3) is 0 Å². The number of ether oxygens (including phenoxy) is 1. The van der Waals surface area contributed by atoms with Gasteiger partial charge >= 0.3 is 0 Å². The number of nitrogen functional groups attached to an aromatic ring is 1. The molecule has 3 rings (SSSR count). The molecule has 3 nitrogen and oxygen atoms in total. The number of benzene rings is 2. The van der Waals surface area contributed by atoms with E-state index in [2.05, 4.69) is 17.4 Å². The quantitative estimate of drug-likeness (QED) is 0.822. The molecule has 1 aliphatic carbocycles. The molecule has 0 spiro atoms. The third-order valence-corrected chi connectivity index (χ3v) is 4.05. The zero-order chi connectivity index (χ0) is 14.8. The van der Waals surface area contributed by atoms with Crippen molar-refractivity contribution in [1.29, 1.82) is 0 Å². The molecule has 4 heteroatoms. The lowest BCUT2D eigenvalue weighted by Gasteiger charge is -2.19. The summed E-state index contributed by atoms with van der Waals surface area (Å²) in [5.74, 6) is 0.839. The Morgan fingerprint density at radius 1 is 1.29 bits per heavy atom. The van der Waals surface area contributed by atoms with Gasteiger partial charge in [0, 0.05) is 10.7 Å². The van der Waals surface area contributed by atoms with Crippen molar-refractivity contribution in [2.24, 2.45) is 0 Å². The molecule has 0 saturated heterocycles. The van der Waals surface area contributed by atoms with E-state index in [4.69, 9.17) is 22.1 Å². The van der Waals surface area contributed by atoms with Gasteiger partial charge < -0.3 is 15.8 Å². The second-order valence-electron chi connectivity index (χ2n) is 5.27. The van der Waals surface area contributed by atoms with Crippen LogP contribution < -0.4 is 15.8 Å². The Hall–Kier alpha value is -1.87. The minimum atomic E-state index is 0.276. The lowest BCUT2D eigenvalue weighted by atomic mass is 10.1. The van der Waals surface area contributed by atoms with E-state index in [1.807, 2.05) is 31.2 Å². The van der Waals surface area contributed by atoms with Crippen LogP contribution in [-0.4, -0.2) is 6.61 Å². The van der Waals surface area contributed by atoms with Crippen molar-refractivity contribution in [2.75, 3.05) is 17.7 Å². The molecular formula is C17H19ClN2O. The number of nitrogens with two attached hydrogens (primary N) is 1. The fourth-order valence-electron chi connectivity index (χ4n) is 2.87. The van der Waals surface area contributed by atoms with Crippen LogP contribution >= 0.6 is 11.6 Å². The molecule has 110 valence electrons. The van der Waals surface area contributed by atoms with Crippen LogP contribution in [-0.2, 0) is 6.42 Å². The van der Waals surface area contributed by atoms with E-state index < -0.39 is 0 Å². The highest BCUT2D eigenvalue weighted by Gasteiger charge is 2.23. The summed E-state index contributed by atoms with van der Waals surface area (Å²) in [4.78, 5) is 0. The van der Waals surface area contributed by atoms with Gasteiger partial charge in [0.25, 0.3) is 0 Å². The van der Waals surface area contributed by atoms with Gasteiger partial charge in [0.15, 0.2) is 0 Å². The largest absolute Gasteiger partial charge is 0.492 e. The van der Waals surface area contributed by atoms with Gasteiger partial charge in [-0.15, -0.1) is 0 Å². The van der Waals surface area contributed by atoms with Gasteiger partial charge in [-0.25, -0.2) is 0 Å². The fourth-order valence-corrected chi connectivity index (χ4v) is 3.04. The Bertz CT molecular complexity index is 657. The van der Waals surface area contributed by atoms with E-state index in [1.165, 1.54) is 11.1 Å². The summed E-state index contributed by atoms with van der Waals surface area (Å²) in [6, 6.07) is 12.1. The zero-order valence-corrected chi connectivity index (χ0v) is 12.8. The average molecular weight is 303 g/mol. The first kappa shape index (κ1) is 14.1. The van der Waals surface area contributed by atoms with Crippen LogP contribution in [0.4, 0.5) is 11.4 Å². The highest BCUT2D eigenvalue weighted by Crippen LogP contribution is 2.38. The normalized spacial score (nSPS) is 16.6. The van der Waals surface area contributed by atoms with Gasteiger partial charge in [-0.3, -0.25) is 0 Å². The molecule has 3 N–H and O–H groups in total. The third kappa shape index (κ3) is 2.93. The Kier molecular flexibility index (Phi) is 3.93. The minimum absolute atomic E-state index is 0.276. The molecule has 0 aliphatic heterocycles. The third-order valence-electron chi connectivity index (χ3n) is 3.82. The number of fused-ring (bicyclic) bond motifs is 1. The molecule has 0 aromatic heterocycles. The molecule has 21 heavy (non-hydrogen) atoms. The van der Waals surface area contributed by atoms with Crippen LogP contribution in [0.2, 0.25) is 5.02 Å². The number of hydrogen-bond donors (Lipinski definition) is 2. The summed E-state index contributed by atoms with van der Waals surface area (Å²) < 4.78 is 5.67. The molecule has 0 bridgehead atoms. The van der Waals surface area contributed by atoms with Crippen LogP contribution in [0, 0.1) is 0 Å². The molecule has 0 fully saturated rings. The first-order valence-electron chi connectivity index (χ1n) is 7.24. The molecule has 2 aromatic carbocycles. The average Bonchev–Trinajstić information content (AvgIpc) is 2.84. The maximum absolute atomic E-state index is 6.11. The van der Waals surface area contributed by atoms with Crippen LogP contribution in [0.5, 0.6) is 5.75 Å². The van der Waals surface area contributed by atoms with Gasteiger partial charge in [-0.2, -0.15) is 0 Å². The Labute approximate surface area is 130 Å². The lowest BCUT2D eigenvalue weighted by molar-refractivity contribution is 0.341. The van der Waals surface area contributed by atoms with Crippen molar-refractivity contribution in [3.05, 3.63) is 52.5 Å². The van der Waals surface area contributed by atoms with Crippen molar-refractivity contribution in [1.82, 2.24) is 0 Å². The van der Waals surface area contributed by atoms with Crippen molar-refractivity contribution in [3.8, 4) is 5.75 Å². The van der Waals surface area contributed by atoms with E-state index >= 15 is 0 Å². The van der Waals surface area contributed by atoms with Crippen molar-refractivity contribution in [2.45, 2.75) is 25.8 Å². The smallest absolute Gasteiger partial charge is 0.142 e. The molecule has 1 unspecified atom stereocenters. The maximum Gasteiger partial charge on any atom is 0.142 e. The second kappa shape index (κ2) is 5.86. The maximum atomic E-state index is 6.11. The van der Waals surface area contributed by atoms with Crippen molar-refractivity contribution < 1.29 is 4.74 Å². The number of nitrogens with one attached hydrogen (secondary N) is 1. The predicted molar refractivity (Wildman–Crippen MR) is 88.2 cm³/mol. The van der Waals surface area contributed by atoms with Gasteiger partial charge in [-0.1, -0.05) is 17.7 Å². The number of halogens is 1. The summed E-state index contributed by atoms with van der Waals surface area (Å²) in [5.41, 5.74) is 10.3. The first-order chi connectivity index (χ1) is 10.2. The molecule has 0 heterocycles. The summed E-state index contributed by atoms with van der Waals surface area (Å²) in [6.07, 6.45) is 2.10. The van der Waals surface area contributed by atoms with Gasteiger partial charge in [0.1, 0.15) is 5.75 Å². The van der Waals surface area contributed by atoms with E-state index in [-0.39, 0.29) is 6.04 Å². The van der Waals surface area contributed by atoms with Crippen LogP contribution in [0.15, 0.2) is 36.4 Å². The number of hydrogen-bond acceptors (Lipinski definition) is 3. The number of rotatable bonds is 4. The van der Waals surface area contributed by atoms with Gasteiger partial charge in [0.05, 0.1) is 18.3 Å². The molecule has 0 radical (unpaired) electrons. The topological polar surface area (TPSA) is 47.3 Å². The Balaban J connectivity index is 1.87.